The van der Waals surface area contributed by atoms with E-state index in [1.54, 1.807) is 43.3 Å². The van der Waals surface area contributed by atoms with Gasteiger partial charge in [0.15, 0.2) is 0 Å². The summed E-state index contributed by atoms with van der Waals surface area (Å²) in [4.78, 5) is 23.8. The van der Waals surface area contributed by atoms with Crippen molar-refractivity contribution < 1.29 is 18.0 Å². The molecule has 2 aromatic carbocycles. The topological polar surface area (TPSA) is 95.6 Å². The Kier molecular flexibility index (Phi) is 5.81. The van der Waals surface area contributed by atoms with E-state index in [1.807, 2.05) is 0 Å². The SMILES string of the molecule is CC(=O)Nc1ccc(NC(=O)c2ccc(C)c(S(=O)(=O)N3CCCC3)c2)cc1. The van der Waals surface area contributed by atoms with Crippen LogP contribution in [0.4, 0.5) is 11.4 Å². The summed E-state index contributed by atoms with van der Waals surface area (Å²) in [5.41, 5.74) is 2.06. The molecule has 0 unspecified atom stereocenters. The molecule has 28 heavy (non-hydrogen) atoms. The van der Waals surface area contributed by atoms with E-state index >= 15 is 0 Å². The van der Waals surface area contributed by atoms with Crippen LogP contribution in [-0.2, 0) is 14.8 Å². The summed E-state index contributed by atoms with van der Waals surface area (Å²) in [6, 6.07) is 11.4. The zero-order chi connectivity index (χ0) is 20.3. The molecule has 8 heteroatoms. The first kappa shape index (κ1) is 20.0. The second-order valence-electron chi connectivity index (χ2n) is 6.80. The maximum atomic E-state index is 12.9. The predicted octanol–water partition coefficient (Wildman–Crippen LogP) is 2.99. The van der Waals surface area contributed by atoms with Gasteiger partial charge < -0.3 is 10.6 Å². The molecule has 0 saturated carbocycles. The molecule has 2 aromatic rings. The van der Waals surface area contributed by atoms with Crippen LogP contribution >= 0.6 is 0 Å². The van der Waals surface area contributed by atoms with Crippen LogP contribution in [0.25, 0.3) is 0 Å². The Morgan fingerprint density at radius 1 is 0.929 bits per heavy atom. The number of rotatable bonds is 5. The first-order chi connectivity index (χ1) is 13.3. The van der Waals surface area contributed by atoms with Gasteiger partial charge in [-0.25, -0.2) is 8.42 Å². The minimum Gasteiger partial charge on any atom is -0.326 e. The van der Waals surface area contributed by atoms with Crippen LogP contribution in [0.1, 0.15) is 35.7 Å². The number of benzene rings is 2. The van der Waals surface area contributed by atoms with Crippen molar-refractivity contribution in [3.63, 3.8) is 0 Å². The fraction of sp³-hybridized carbons (Fsp3) is 0.300. The Balaban J connectivity index is 1.80. The molecule has 148 valence electrons. The highest BCUT2D eigenvalue weighted by Gasteiger charge is 2.29. The molecule has 2 amide bonds. The number of carbonyl (C=O) groups excluding carboxylic acids is 2. The third-order valence-corrected chi connectivity index (χ3v) is 6.64. The van der Waals surface area contributed by atoms with E-state index < -0.39 is 15.9 Å². The predicted molar refractivity (Wildman–Crippen MR) is 108 cm³/mol. The van der Waals surface area contributed by atoms with Crippen LogP contribution < -0.4 is 10.6 Å². The number of anilines is 2. The Bertz CT molecular complexity index is 995. The lowest BCUT2D eigenvalue weighted by Gasteiger charge is -2.18. The van der Waals surface area contributed by atoms with Crippen molar-refractivity contribution in [2.75, 3.05) is 23.7 Å². The summed E-state index contributed by atoms with van der Waals surface area (Å²) in [5, 5.41) is 5.40. The number of hydrogen-bond acceptors (Lipinski definition) is 4. The van der Waals surface area contributed by atoms with Crippen LogP contribution in [0.2, 0.25) is 0 Å². The average Bonchev–Trinajstić information content (AvgIpc) is 3.18. The first-order valence-corrected chi connectivity index (χ1v) is 10.5. The van der Waals surface area contributed by atoms with E-state index in [0.29, 0.717) is 30.0 Å². The lowest BCUT2D eigenvalue weighted by molar-refractivity contribution is -0.114. The molecule has 1 saturated heterocycles. The number of sulfonamides is 1. The van der Waals surface area contributed by atoms with E-state index in [2.05, 4.69) is 10.6 Å². The minimum atomic E-state index is -3.60. The van der Waals surface area contributed by atoms with Crippen molar-refractivity contribution >= 4 is 33.2 Å². The molecule has 1 heterocycles. The van der Waals surface area contributed by atoms with Crippen LogP contribution in [-0.4, -0.2) is 37.6 Å². The molecule has 2 N–H and O–H groups in total. The van der Waals surface area contributed by atoms with Gasteiger partial charge in [-0.05, 0) is 61.7 Å². The average molecular weight is 401 g/mol. The Morgan fingerprint density at radius 3 is 2.07 bits per heavy atom. The monoisotopic (exact) mass is 401 g/mol. The van der Waals surface area contributed by atoms with Crippen molar-refractivity contribution in [1.29, 1.82) is 0 Å². The second-order valence-corrected chi connectivity index (χ2v) is 8.71. The largest absolute Gasteiger partial charge is 0.326 e. The normalized spacial score (nSPS) is 14.6. The second kappa shape index (κ2) is 8.12. The third-order valence-electron chi connectivity index (χ3n) is 4.60. The molecule has 0 aliphatic carbocycles. The number of nitrogens with zero attached hydrogens (tertiary/aromatic N) is 1. The fourth-order valence-electron chi connectivity index (χ4n) is 3.13. The zero-order valence-electron chi connectivity index (χ0n) is 15.9. The Morgan fingerprint density at radius 2 is 1.50 bits per heavy atom. The number of amides is 2. The fourth-order valence-corrected chi connectivity index (χ4v) is 4.90. The highest BCUT2D eigenvalue weighted by Crippen LogP contribution is 2.25. The molecule has 0 bridgehead atoms. The standard InChI is InChI=1S/C20H23N3O4S/c1-14-5-6-16(13-19(14)28(26,27)23-11-3-4-12-23)20(25)22-18-9-7-17(8-10-18)21-15(2)24/h5-10,13H,3-4,11-12H2,1-2H3,(H,21,24)(H,22,25). The third kappa shape index (κ3) is 4.40. The van der Waals surface area contributed by atoms with Crippen molar-refractivity contribution in [3.05, 3.63) is 53.6 Å². The van der Waals surface area contributed by atoms with Gasteiger partial charge in [0.2, 0.25) is 15.9 Å². The van der Waals surface area contributed by atoms with E-state index in [0.717, 1.165) is 12.8 Å². The van der Waals surface area contributed by atoms with Crippen LogP contribution in [0, 0.1) is 6.92 Å². The van der Waals surface area contributed by atoms with Gasteiger partial charge in [0, 0.05) is 37.0 Å². The summed E-state index contributed by atoms with van der Waals surface area (Å²) in [5.74, 6) is -0.576. The molecule has 1 aliphatic rings. The molecular weight excluding hydrogens is 378 g/mol. The number of carbonyl (C=O) groups is 2. The van der Waals surface area contributed by atoms with Gasteiger partial charge in [0.1, 0.15) is 0 Å². The van der Waals surface area contributed by atoms with Crippen LogP contribution in [0.3, 0.4) is 0 Å². The summed E-state index contributed by atoms with van der Waals surface area (Å²) < 4.78 is 27.2. The first-order valence-electron chi connectivity index (χ1n) is 9.07. The Labute approximate surface area is 164 Å². The number of hydrogen-bond donors (Lipinski definition) is 2. The zero-order valence-corrected chi connectivity index (χ0v) is 16.7. The minimum absolute atomic E-state index is 0.169. The van der Waals surface area contributed by atoms with Gasteiger partial charge in [0.05, 0.1) is 4.90 Å². The van der Waals surface area contributed by atoms with E-state index in [-0.39, 0.29) is 16.4 Å². The van der Waals surface area contributed by atoms with Crippen molar-refractivity contribution in [2.24, 2.45) is 0 Å². The molecule has 0 spiro atoms. The number of aryl methyl sites for hydroxylation is 1. The summed E-state index contributed by atoms with van der Waals surface area (Å²) in [6.45, 7) is 4.17. The van der Waals surface area contributed by atoms with Gasteiger partial charge in [-0.3, -0.25) is 9.59 Å². The number of nitrogens with one attached hydrogen (secondary N) is 2. The summed E-state index contributed by atoms with van der Waals surface area (Å²) in [7, 11) is -3.60. The van der Waals surface area contributed by atoms with Gasteiger partial charge in [-0.15, -0.1) is 0 Å². The summed E-state index contributed by atoms with van der Waals surface area (Å²) >= 11 is 0. The molecule has 0 atom stereocenters. The maximum Gasteiger partial charge on any atom is 0.255 e. The van der Waals surface area contributed by atoms with E-state index in [4.69, 9.17) is 0 Å². The lowest BCUT2D eigenvalue weighted by Crippen LogP contribution is -2.28. The molecule has 1 fully saturated rings. The van der Waals surface area contributed by atoms with Gasteiger partial charge in [-0.1, -0.05) is 6.07 Å². The Hall–Kier alpha value is -2.71. The maximum absolute atomic E-state index is 12.9. The molecule has 0 radical (unpaired) electrons. The van der Waals surface area contributed by atoms with Gasteiger partial charge >= 0.3 is 0 Å². The van der Waals surface area contributed by atoms with Crippen molar-refractivity contribution in [2.45, 2.75) is 31.6 Å². The molecular formula is C20H23N3O4S. The van der Waals surface area contributed by atoms with Gasteiger partial charge in [-0.2, -0.15) is 4.31 Å². The molecule has 1 aliphatic heterocycles. The quantitative estimate of drug-likeness (QED) is 0.805. The van der Waals surface area contributed by atoms with Crippen molar-refractivity contribution in [1.82, 2.24) is 4.31 Å². The van der Waals surface area contributed by atoms with E-state index in [9.17, 15) is 18.0 Å². The molecule has 7 nitrogen and oxygen atoms in total. The molecule has 3 rings (SSSR count). The highest BCUT2D eigenvalue weighted by atomic mass is 32.2. The smallest absolute Gasteiger partial charge is 0.255 e. The summed E-state index contributed by atoms with van der Waals surface area (Å²) in [6.07, 6.45) is 1.71. The van der Waals surface area contributed by atoms with E-state index in [1.165, 1.54) is 17.3 Å². The lowest BCUT2D eigenvalue weighted by atomic mass is 10.1. The van der Waals surface area contributed by atoms with Gasteiger partial charge in [0.25, 0.3) is 5.91 Å². The van der Waals surface area contributed by atoms with Crippen LogP contribution in [0.5, 0.6) is 0 Å². The molecule has 0 aromatic heterocycles. The van der Waals surface area contributed by atoms with Crippen molar-refractivity contribution in [3.8, 4) is 0 Å². The van der Waals surface area contributed by atoms with Crippen LogP contribution in [0.15, 0.2) is 47.4 Å². The highest BCUT2D eigenvalue weighted by molar-refractivity contribution is 7.89.